The molecule has 0 radical (unpaired) electrons. The molecule has 0 spiro atoms. The maximum atomic E-state index is 12.2. The Morgan fingerprint density at radius 1 is 1.15 bits per heavy atom. The van der Waals surface area contributed by atoms with Crippen molar-refractivity contribution in [2.45, 2.75) is 33.1 Å². The van der Waals surface area contributed by atoms with Crippen molar-refractivity contribution in [3.8, 4) is 11.5 Å². The van der Waals surface area contributed by atoms with Gasteiger partial charge in [-0.3, -0.25) is 4.79 Å². The lowest BCUT2D eigenvalue weighted by atomic mass is 9.83. The number of Topliss-reactive ketones (excluding diaryl/α,β-unsaturated/α-hetero) is 1. The van der Waals surface area contributed by atoms with Gasteiger partial charge in [-0.15, -0.1) is 0 Å². The third-order valence-electron chi connectivity index (χ3n) is 3.56. The number of methoxy groups -OCH3 is 2. The van der Waals surface area contributed by atoms with Crippen LogP contribution in [-0.4, -0.2) is 26.5 Å². The molecule has 0 heterocycles. The first-order valence-corrected chi connectivity index (χ1v) is 6.89. The number of carbonyl (C=O) groups is 1. The Hall–Kier alpha value is -1.55. The van der Waals surface area contributed by atoms with Crippen LogP contribution in [0.1, 0.15) is 43.5 Å². The van der Waals surface area contributed by atoms with E-state index in [2.05, 4.69) is 13.8 Å². The highest BCUT2D eigenvalue weighted by molar-refractivity contribution is 5.96. The van der Waals surface area contributed by atoms with E-state index >= 15 is 0 Å². The Bertz CT molecular complexity index is 455. The topological polar surface area (TPSA) is 61.5 Å². The second-order valence-electron chi connectivity index (χ2n) is 5.70. The lowest BCUT2D eigenvalue weighted by Crippen LogP contribution is -2.18. The number of hydrogen-bond donors (Lipinski definition) is 1. The second kappa shape index (κ2) is 7.29. The lowest BCUT2D eigenvalue weighted by Gasteiger charge is -2.23. The van der Waals surface area contributed by atoms with Crippen molar-refractivity contribution in [3.63, 3.8) is 0 Å². The first kappa shape index (κ1) is 16.5. The van der Waals surface area contributed by atoms with Crippen LogP contribution in [0, 0.1) is 5.41 Å². The molecule has 0 atom stereocenters. The van der Waals surface area contributed by atoms with E-state index in [1.807, 2.05) is 0 Å². The highest BCUT2D eigenvalue weighted by Gasteiger charge is 2.19. The van der Waals surface area contributed by atoms with E-state index in [1.165, 1.54) is 0 Å². The molecule has 0 bridgehead atoms. The molecule has 0 amide bonds. The molecule has 20 heavy (non-hydrogen) atoms. The van der Waals surface area contributed by atoms with Crippen molar-refractivity contribution in [3.05, 3.63) is 23.8 Å². The van der Waals surface area contributed by atoms with Gasteiger partial charge in [0.25, 0.3) is 0 Å². The molecular formula is C16H25NO3. The Kier molecular flexibility index (Phi) is 6.02. The summed E-state index contributed by atoms with van der Waals surface area (Å²) in [5.41, 5.74) is 6.34. The minimum atomic E-state index is 0.0982. The van der Waals surface area contributed by atoms with Crippen molar-refractivity contribution >= 4 is 5.78 Å². The first-order valence-electron chi connectivity index (χ1n) is 6.89. The summed E-state index contributed by atoms with van der Waals surface area (Å²) in [5, 5.41) is 0. The molecule has 4 heteroatoms. The molecule has 1 aromatic carbocycles. The highest BCUT2D eigenvalue weighted by atomic mass is 16.5. The van der Waals surface area contributed by atoms with Crippen LogP contribution in [0.5, 0.6) is 11.5 Å². The van der Waals surface area contributed by atoms with Crippen molar-refractivity contribution in [1.29, 1.82) is 0 Å². The number of benzene rings is 1. The summed E-state index contributed by atoms with van der Waals surface area (Å²) in [5.74, 6) is 1.34. The van der Waals surface area contributed by atoms with Crippen LogP contribution in [0.4, 0.5) is 0 Å². The summed E-state index contributed by atoms with van der Waals surface area (Å²) in [4.78, 5) is 12.2. The van der Waals surface area contributed by atoms with Crippen LogP contribution >= 0.6 is 0 Å². The zero-order valence-electron chi connectivity index (χ0n) is 12.9. The smallest absolute Gasteiger partial charge is 0.163 e. The number of nitrogens with two attached hydrogens (primary N) is 1. The van der Waals surface area contributed by atoms with Gasteiger partial charge in [-0.1, -0.05) is 13.8 Å². The molecule has 1 aromatic rings. The molecule has 0 fully saturated rings. The van der Waals surface area contributed by atoms with E-state index in [9.17, 15) is 4.79 Å². The fourth-order valence-electron chi connectivity index (χ4n) is 2.12. The number of ether oxygens (including phenoxy) is 2. The molecular weight excluding hydrogens is 254 g/mol. The van der Waals surface area contributed by atoms with Crippen LogP contribution in [0.25, 0.3) is 0 Å². The third-order valence-corrected chi connectivity index (χ3v) is 3.56. The van der Waals surface area contributed by atoms with Crippen molar-refractivity contribution in [2.75, 3.05) is 20.8 Å². The van der Waals surface area contributed by atoms with Crippen LogP contribution < -0.4 is 15.2 Å². The number of rotatable bonds is 8. The quantitative estimate of drug-likeness (QED) is 0.743. The van der Waals surface area contributed by atoms with Gasteiger partial charge in [0.2, 0.25) is 0 Å². The van der Waals surface area contributed by atoms with Gasteiger partial charge in [-0.25, -0.2) is 0 Å². The fourth-order valence-corrected chi connectivity index (χ4v) is 2.12. The normalized spacial score (nSPS) is 11.2. The number of ketones is 1. The van der Waals surface area contributed by atoms with Gasteiger partial charge in [0.05, 0.1) is 14.2 Å². The first-order chi connectivity index (χ1) is 9.43. The summed E-state index contributed by atoms with van der Waals surface area (Å²) in [7, 11) is 3.14. The molecule has 0 aliphatic carbocycles. The van der Waals surface area contributed by atoms with Gasteiger partial charge < -0.3 is 15.2 Å². The summed E-state index contributed by atoms with van der Waals surface area (Å²) < 4.78 is 10.4. The van der Waals surface area contributed by atoms with Gasteiger partial charge in [0, 0.05) is 12.0 Å². The van der Waals surface area contributed by atoms with Crippen molar-refractivity contribution < 1.29 is 14.3 Å². The molecule has 0 unspecified atom stereocenters. The summed E-state index contributed by atoms with van der Waals surface area (Å²) >= 11 is 0. The average molecular weight is 279 g/mol. The molecule has 2 N–H and O–H groups in total. The third kappa shape index (κ3) is 4.53. The summed E-state index contributed by atoms with van der Waals surface area (Å²) in [6.45, 7) is 4.93. The lowest BCUT2D eigenvalue weighted by molar-refractivity contribution is 0.0961. The van der Waals surface area contributed by atoms with Crippen LogP contribution in [-0.2, 0) is 0 Å². The second-order valence-corrected chi connectivity index (χ2v) is 5.70. The standard InChI is InChI=1S/C16H25NO3/c1-16(2,9-10-17)8-7-13(18)12-5-6-14(19-3)15(11-12)20-4/h5-6,11H,7-10,17H2,1-4H3. The van der Waals surface area contributed by atoms with E-state index in [4.69, 9.17) is 15.2 Å². The molecule has 1 rings (SSSR count). The largest absolute Gasteiger partial charge is 0.493 e. The zero-order valence-corrected chi connectivity index (χ0v) is 12.9. The number of carbonyl (C=O) groups excluding carboxylic acids is 1. The molecule has 112 valence electrons. The van der Waals surface area contributed by atoms with Gasteiger partial charge in [0.1, 0.15) is 0 Å². The average Bonchev–Trinajstić information content (AvgIpc) is 2.44. The maximum Gasteiger partial charge on any atom is 0.163 e. The van der Waals surface area contributed by atoms with Gasteiger partial charge in [-0.2, -0.15) is 0 Å². The van der Waals surface area contributed by atoms with Gasteiger partial charge >= 0.3 is 0 Å². The SMILES string of the molecule is COc1ccc(C(=O)CCC(C)(C)CCN)cc1OC. The monoisotopic (exact) mass is 279 g/mol. The van der Waals surface area contributed by atoms with E-state index < -0.39 is 0 Å². The predicted octanol–water partition coefficient (Wildman–Crippen LogP) is 3.04. The van der Waals surface area contributed by atoms with Gasteiger partial charge in [0.15, 0.2) is 17.3 Å². The minimum Gasteiger partial charge on any atom is -0.493 e. The predicted molar refractivity (Wildman–Crippen MR) is 80.6 cm³/mol. The fraction of sp³-hybridized carbons (Fsp3) is 0.562. The van der Waals surface area contributed by atoms with Crippen LogP contribution in [0.2, 0.25) is 0 Å². The maximum absolute atomic E-state index is 12.2. The van der Waals surface area contributed by atoms with Crippen molar-refractivity contribution in [2.24, 2.45) is 11.1 Å². The Balaban J connectivity index is 2.73. The molecule has 0 aliphatic rings. The molecule has 0 aromatic heterocycles. The highest BCUT2D eigenvalue weighted by Crippen LogP contribution is 2.30. The van der Waals surface area contributed by atoms with E-state index in [0.717, 1.165) is 12.8 Å². The van der Waals surface area contributed by atoms with E-state index in [0.29, 0.717) is 30.0 Å². The molecule has 0 aliphatic heterocycles. The Morgan fingerprint density at radius 3 is 2.35 bits per heavy atom. The van der Waals surface area contributed by atoms with Crippen LogP contribution in [0.15, 0.2) is 18.2 Å². The molecule has 4 nitrogen and oxygen atoms in total. The summed E-state index contributed by atoms with van der Waals surface area (Å²) in [6.07, 6.45) is 2.27. The van der Waals surface area contributed by atoms with E-state index in [1.54, 1.807) is 32.4 Å². The van der Waals surface area contributed by atoms with Gasteiger partial charge in [-0.05, 0) is 43.0 Å². The van der Waals surface area contributed by atoms with Crippen molar-refractivity contribution in [1.82, 2.24) is 0 Å². The minimum absolute atomic E-state index is 0.0982. The Labute approximate surface area is 121 Å². The van der Waals surface area contributed by atoms with Crippen LogP contribution in [0.3, 0.4) is 0 Å². The zero-order chi connectivity index (χ0) is 15.2. The molecule has 0 saturated carbocycles. The summed E-state index contributed by atoms with van der Waals surface area (Å²) in [6, 6.07) is 5.27. The number of hydrogen-bond acceptors (Lipinski definition) is 4. The Morgan fingerprint density at radius 2 is 1.80 bits per heavy atom. The van der Waals surface area contributed by atoms with E-state index in [-0.39, 0.29) is 11.2 Å². The molecule has 0 saturated heterocycles.